The van der Waals surface area contributed by atoms with Crippen LogP contribution in [0.15, 0.2) is 73.1 Å². The van der Waals surface area contributed by atoms with E-state index in [0.29, 0.717) is 0 Å². The molecule has 4 heterocycles. The Balaban J connectivity index is 2.02. The van der Waals surface area contributed by atoms with Gasteiger partial charge in [0.2, 0.25) is 0 Å². The molecule has 6 aromatic rings. The summed E-state index contributed by atoms with van der Waals surface area (Å²) in [5.74, 6) is 0. The highest BCUT2D eigenvalue weighted by atomic mass is 32.1. The topological polar surface area (TPSA) is 17.3 Å². The maximum Gasteiger partial charge on any atom is 0.0949 e. The highest BCUT2D eigenvalue weighted by Gasteiger charge is 2.14. The molecule has 112 valence electrons. The fraction of sp³-hybridized carbons (Fsp3) is 0. The molecule has 0 unspecified atom stereocenters. The van der Waals surface area contributed by atoms with Crippen molar-refractivity contribution in [2.24, 2.45) is 0 Å². The molecule has 2 aromatic carbocycles. The molecule has 4 aromatic heterocycles. The molecular weight excluding hydrogens is 312 g/mol. The van der Waals surface area contributed by atoms with Crippen molar-refractivity contribution in [3.8, 4) is 0 Å². The predicted octanol–water partition coefficient (Wildman–Crippen LogP) is 6.01. The van der Waals surface area contributed by atoms with Gasteiger partial charge in [-0.05, 0) is 30.3 Å². The molecule has 0 amide bonds. The van der Waals surface area contributed by atoms with Crippen molar-refractivity contribution in [3.05, 3.63) is 73.1 Å². The summed E-state index contributed by atoms with van der Waals surface area (Å²) in [6.45, 7) is 0. The summed E-state index contributed by atoms with van der Waals surface area (Å²) in [7, 11) is 0. The normalized spacial score (nSPS) is 12.2. The van der Waals surface area contributed by atoms with Crippen LogP contribution in [0.4, 0.5) is 0 Å². The number of hydrogen-bond acceptors (Lipinski definition) is 2. The first-order chi connectivity index (χ1) is 11.9. The maximum absolute atomic E-state index is 4.68. The van der Waals surface area contributed by atoms with Crippen LogP contribution in [0.1, 0.15) is 0 Å². The Bertz CT molecular complexity index is 1410. The van der Waals surface area contributed by atoms with E-state index in [1.54, 1.807) is 0 Å². The number of nitrogens with zero attached hydrogens (tertiary/aromatic N) is 2. The van der Waals surface area contributed by atoms with Crippen LogP contribution < -0.4 is 0 Å². The van der Waals surface area contributed by atoms with E-state index in [1.807, 2.05) is 23.6 Å². The number of aromatic nitrogens is 2. The van der Waals surface area contributed by atoms with Gasteiger partial charge in [-0.2, -0.15) is 0 Å². The van der Waals surface area contributed by atoms with E-state index in [4.69, 9.17) is 0 Å². The predicted molar refractivity (Wildman–Crippen MR) is 103 cm³/mol. The van der Waals surface area contributed by atoms with Crippen LogP contribution in [0.3, 0.4) is 0 Å². The quantitative estimate of drug-likeness (QED) is 0.313. The van der Waals surface area contributed by atoms with E-state index >= 15 is 0 Å². The van der Waals surface area contributed by atoms with E-state index in [-0.39, 0.29) is 0 Å². The summed E-state index contributed by atoms with van der Waals surface area (Å²) in [5, 5.41) is 5.22. The van der Waals surface area contributed by atoms with Gasteiger partial charge in [0.05, 0.1) is 16.6 Å². The van der Waals surface area contributed by atoms with Gasteiger partial charge in [-0.3, -0.25) is 4.98 Å². The number of benzene rings is 2. The van der Waals surface area contributed by atoms with Gasteiger partial charge in [0.25, 0.3) is 0 Å². The molecule has 6 rings (SSSR count). The molecule has 0 fully saturated rings. The van der Waals surface area contributed by atoms with Gasteiger partial charge in [0, 0.05) is 43.3 Å². The lowest BCUT2D eigenvalue weighted by Gasteiger charge is -2.09. The molecule has 3 heteroatoms. The molecular formula is C21H12N2S. The van der Waals surface area contributed by atoms with E-state index < -0.39 is 0 Å². The Labute approximate surface area is 141 Å². The lowest BCUT2D eigenvalue weighted by Crippen LogP contribution is -1.91. The van der Waals surface area contributed by atoms with E-state index in [1.165, 1.54) is 36.5 Å². The summed E-state index contributed by atoms with van der Waals surface area (Å²) in [6, 6.07) is 21.6. The summed E-state index contributed by atoms with van der Waals surface area (Å²) in [5.41, 5.74) is 3.48. The Morgan fingerprint density at radius 3 is 2.62 bits per heavy atom. The number of fused-ring (bicyclic) bond motifs is 10. The van der Waals surface area contributed by atoms with Crippen molar-refractivity contribution in [3.63, 3.8) is 0 Å². The molecule has 2 nitrogen and oxygen atoms in total. The Morgan fingerprint density at radius 2 is 1.62 bits per heavy atom. The van der Waals surface area contributed by atoms with Crippen LogP contribution in [0.5, 0.6) is 0 Å². The SMILES string of the molecule is c1ccc2c(c1)sc1c2ccc2c3ncccc3n3cccc3c21. The monoisotopic (exact) mass is 324 g/mol. The highest BCUT2D eigenvalue weighted by molar-refractivity contribution is 7.26. The molecule has 0 saturated carbocycles. The van der Waals surface area contributed by atoms with Crippen molar-refractivity contribution in [2.45, 2.75) is 0 Å². The van der Waals surface area contributed by atoms with Crippen molar-refractivity contribution in [1.29, 1.82) is 0 Å². The van der Waals surface area contributed by atoms with Crippen LogP contribution in [-0.4, -0.2) is 9.38 Å². The van der Waals surface area contributed by atoms with Gasteiger partial charge in [-0.1, -0.05) is 30.3 Å². The molecule has 0 N–H and O–H groups in total. The summed E-state index contributed by atoms with van der Waals surface area (Å²) in [6.07, 6.45) is 4.01. The smallest absolute Gasteiger partial charge is 0.0949 e. The third-order valence-electron chi connectivity index (χ3n) is 4.85. The molecule has 0 aliphatic carbocycles. The van der Waals surface area contributed by atoms with E-state index in [9.17, 15) is 0 Å². The lowest BCUT2D eigenvalue weighted by atomic mass is 10.0. The minimum absolute atomic E-state index is 1.07. The van der Waals surface area contributed by atoms with Crippen LogP contribution in [-0.2, 0) is 0 Å². The summed E-state index contributed by atoms with van der Waals surface area (Å²) >= 11 is 1.88. The third-order valence-corrected chi connectivity index (χ3v) is 6.06. The minimum atomic E-state index is 1.07. The van der Waals surface area contributed by atoms with Gasteiger partial charge in [0.1, 0.15) is 0 Å². The second kappa shape index (κ2) is 4.34. The molecule has 0 saturated heterocycles. The summed E-state index contributed by atoms with van der Waals surface area (Å²) < 4.78 is 4.95. The van der Waals surface area contributed by atoms with Crippen molar-refractivity contribution in [1.82, 2.24) is 9.38 Å². The number of rotatable bonds is 0. The van der Waals surface area contributed by atoms with Crippen LogP contribution in [0.25, 0.3) is 47.5 Å². The molecule has 0 bridgehead atoms. The Kier molecular flexibility index (Phi) is 2.26. The van der Waals surface area contributed by atoms with E-state index in [0.717, 1.165) is 11.0 Å². The molecule has 0 aliphatic rings. The first-order valence-electron chi connectivity index (χ1n) is 7.99. The zero-order valence-electron chi connectivity index (χ0n) is 12.7. The first kappa shape index (κ1) is 12.5. The third kappa shape index (κ3) is 1.43. The average Bonchev–Trinajstić information content (AvgIpc) is 3.26. The highest BCUT2D eigenvalue weighted by Crippen LogP contribution is 2.41. The Morgan fingerprint density at radius 1 is 0.750 bits per heavy atom. The van der Waals surface area contributed by atoms with Crippen LogP contribution in [0, 0.1) is 0 Å². The van der Waals surface area contributed by atoms with E-state index in [2.05, 4.69) is 70.2 Å². The number of pyridine rings is 2. The molecule has 0 radical (unpaired) electrons. The van der Waals surface area contributed by atoms with Gasteiger partial charge in [0.15, 0.2) is 0 Å². The van der Waals surface area contributed by atoms with Gasteiger partial charge in [-0.15, -0.1) is 11.3 Å². The molecule has 24 heavy (non-hydrogen) atoms. The Hall–Kier alpha value is -2.91. The van der Waals surface area contributed by atoms with Crippen molar-refractivity contribution < 1.29 is 0 Å². The van der Waals surface area contributed by atoms with Crippen LogP contribution >= 0.6 is 11.3 Å². The maximum atomic E-state index is 4.68. The first-order valence-corrected chi connectivity index (χ1v) is 8.81. The summed E-state index contributed by atoms with van der Waals surface area (Å²) in [4.78, 5) is 4.68. The largest absolute Gasteiger partial charge is 0.314 e. The molecule has 0 aliphatic heterocycles. The van der Waals surface area contributed by atoms with Crippen LogP contribution in [0.2, 0.25) is 0 Å². The van der Waals surface area contributed by atoms with Crippen molar-refractivity contribution >= 4 is 58.8 Å². The van der Waals surface area contributed by atoms with Crippen molar-refractivity contribution in [2.75, 3.05) is 0 Å². The zero-order chi connectivity index (χ0) is 15.7. The van der Waals surface area contributed by atoms with Gasteiger partial charge >= 0.3 is 0 Å². The minimum Gasteiger partial charge on any atom is -0.314 e. The standard InChI is InChI=1S/C21H12N2S/c1-2-8-18-13(5-1)14-9-10-15-19(21(14)24-18)16-7-4-12-23(16)17-6-3-11-22-20(15)17/h1-12H. The fourth-order valence-electron chi connectivity index (χ4n) is 3.83. The second-order valence-electron chi connectivity index (χ2n) is 6.10. The second-order valence-corrected chi connectivity index (χ2v) is 7.15. The zero-order valence-corrected chi connectivity index (χ0v) is 13.5. The molecule has 0 atom stereocenters. The molecule has 0 spiro atoms. The fourth-order valence-corrected chi connectivity index (χ4v) is 5.09. The van der Waals surface area contributed by atoms with Gasteiger partial charge < -0.3 is 4.40 Å². The number of hydrogen-bond donors (Lipinski definition) is 0. The lowest BCUT2D eigenvalue weighted by molar-refractivity contribution is 1.26. The number of thiophene rings is 1. The van der Waals surface area contributed by atoms with Gasteiger partial charge in [-0.25, -0.2) is 0 Å². The average molecular weight is 324 g/mol.